The second kappa shape index (κ2) is 4.92. The lowest BCUT2D eigenvalue weighted by Gasteiger charge is -2.27. The molecular weight excluding hydrogens is 244 g/mol. The number of fused-ring (bicyclic) bond motifs is 1. The molecule has 1 aromatic rings. The molecule has 1 aromatic heterocycles. The van der Waals surface area contributed by atoms with Crippen molar-refractivity contribution in [1.29, 1.82) is 0 Å². The number of nitrogens with zero attached hydrogens (tertiary/aromatic N) is 4. The Bertz CT molecular complexity index is 485. The first kappa shape index (κ1) is 12.6. The maximum atomic E-state index is 11.1. The smallest absolute Gasteiger partial charge is 0.307 e. The molecule has 2 atom stereocenters. The van der Waals surface area contributed by atoms with E-state index in [1.807, 2.05) is 4.68 Å². The fraction of sp³-hybridized carbons (Fsp3) is 0.769. The van der Waals surface area contributed by atoms with Crippen molar-refractivity contribution < 1.29 is 9.90 Å². The summed E-state index contributed by atoms with van der Waals surface area (Å²) >= 11 is 0. The van der Waals surface area contributed by atoms with E-state index in [1.165, 1.54) is 6.42 Å². The molecule has 3 rings (SSSR count). The summed E-state index contributed by atoms with van der Waals surface area (Å²) in [5.41, 5.74) is 0. The molecule has 1 fully saturated rings. The SMILES string of the molecule is CN1CCCC(c2nc3n(n2)CCC(C(=O)O)C3)C1. The predicted molar refractivity (Wildman–Crippen MR) is 68.9 cm³/mol. The number of aryl methyl sites for hydroxylation is 1. The highest BCUT2D eigenvalue weighted by molar-refractivity contribution is 5.70. The van der Waals surface area contributed by atoms with Crippen LogP contribution in [0.4, 0.5) is 0 Å². The molecule has 1 N–H and O–H groups in total. The van der Waals surface area contributed by atoms with Crippen molar-refractivity contribution in [3.05, 3.63) is 11.6 Å². The molecule has 3 heterocycles. The van der Waals surface area contributed by atoms with Crippen molar-refractivity contribution in [3.63, 3.8) is 0 Å². The Morgan fingerprint density at radius 3 is 2.95 bits per heavy atom. The average molecular weight is 264 g/mol. The quantitative estimate of drug-likeness (QED) is 0.853. The fourth-order valence-electron chi connectivity index (χ4n) is 3.09. The summed E-state index contributed by atoms with van der Waals surface area (Å²) < 4.78 is 1.91. The Morgan fingerprint density at radius 1 is 1.37 bits per heavy atom. The minimum absolute atomic E-state index is 0.293. The molecule has 0 amide bonds. The third-order valence-corrected chi connectivity index (χ3v) is 4.22. The van der Waals surface area contributed by atoms with Gasteiger partial charge in [-0.15, -0.1) is 0 Å². The van der Waals surface area contributed by atoms with Crippen LogP contribution in [0, 0.1) is 5.92 Å². The maximum absolute atomic E-state index is 11.1. The number of hydrogen-bond acceptors (Lipinski definition) is 4. The van der Waals surface area contributed by atoms with Gasteiger partial charge in [0.15, 0.2) is 5.82 Å². The zero-order valence-electron chi connectivity index (χ0n) is 11.2. The van der Waals surface area contributed by atoms with E-state index in [2.05, 4.69) is 22.0 Å². The van der Waals surface area contributed by atoms with Crippen molar-refractivity contribution in [2.75, 3.05) is 20.1 Å². The third-order valence-electron chi connectivity index (χ3n) is 4.22. The normalized spacial score (nSPS) is 28.1. The number of carbonyl (C=O) groups is 1. The van der Waals surface area contributed by atoms with Gasteiger partial charge in [-0.3, -0.25) is 4.79 Å². The highest BCUT2D eigenvalue weighted by Crippen LogP contribution is 2.26. The Balaban J connectivity index is 1.77. The van der Waals surface area contributed by atoms with Gasteiger partial charge in [0.25, 0.3) is 0 Å². The Hall–Kier alpha value is -1.43. The molecule has 0 radical (unpaired) electrons. The first-order valence-electron chi connectivity index (χ1n) is 6.98. The van der Waals surface area contributed by atoms with Gasteiger partial charge in [0, 0.05) is 25.4 Å². The van der Waals surface area contributed by atoms with E-state index in [0.29, 0.717) is 25.3 Å². The van der Waals surface area contributed by atoms with Crippen molar-refractivity contribution >= 4 is 5.97 Å². The number of hydrogen-bond donors (Lipinski definition) is 1. The summed E-state index contributed by atoms with van der Waals surface area (Å²) in [6.45, 7) is 2.83. The molecule has 1 saturated heterocycles. The van der Waals surface area contributed by atoms with Crippen LogP contribution in [0.25, 0.3) is 0 Å². The van der Waals surface area contributed by atoms with Crippen molar-refractivity contribution in [2.45, 2.75) is 38.1 Å². The highest BCUT2D eigenvalue weighted by Gasteiger charge is 2.29. The van der Waals surface area contributed by atoms with Crippen LogP contribution in [-0.4, -0.2) is 50.9 Å². The van der Waals surface area contributed by atoms with Gasteiger partial charge >= 0.3 is 5.97 Å². The number of aromatic nitrogens is 3. The molecule has 0 aliphatic carbocycles. The van der Waals surface area contributed by atoms with Crippen molar-refractivity contribution in [2.24, 2.45) is 5.92 Å². The van der Waals surface area contributed by atoms with Crippen LogP contribution >= 0.6 is 0 Å². The number of piperidine rings is 1. The van der Waals surface area contributed by atoms with Gasteiger partial charge in [0.1, 0.15) is 5.82 Å². The van der Waals surface area contributed by atoms with E-state index < -0.39 is 5.97 Å². The van der Waals surface area contributed by atoms with Gasteiger partial charge in [-0.05, 0) is 32.9 Å². The molecule has 2 unspecified atom stereocenters. The minimum Gasteiger partial charge on any atom is -0.481 e. The van der Waals surface area contributed by atoms with Crippen LogP contribution in [-0.2, 0) is 17.8 Å². The Kier molecular flexibility index (Phi) is 3.26. The zero-order valence-corrected chi connectivity index (χ0v) is 11.2. The zero-order chi connectivity index (χ0) is 13.4. The van der Waals surface area contributed by atoms with Gasteiger partial charge in [0.05, 0.1) is 5.92 Å². The van der Waals surface area contributed by atoms with Gasteiger partial charge < -0.3 is 10.0 Å². The van der Waals surface area contributed by atoms with Gasteiger partial charge in [-0.25, -0.2) is 9.67 Å². The minimum atomic E-state index is -0.715. The lowest BCUT2D eigenvalue weighted by Crippen LogP contribution is -2.31. The molecule has 6 nitrogen and oxygen atoms in total. The Labute approximate surface area is 112 Å². The monoisotopic (exact) mass is 264 g/mol. The van der Waals surface area contributed by atoms with Crippen LogP contribution in [0.3, 0.4) is 0 Å². The number of aliphatic carboxylic acids is 1. The van der Waals surface area contributed by atoms with Crippen LogP contribution in [0.1, 0.15) is 36.8 Å². The topological polar surface area (TPSA) is 71.2 Å². The molecule has 0 spiro atoms. The van der Waals surface area contributed by atoms with Crippen LogP contribution < -0.4 is 0 Å². The lowest BCUT2D eigenvalue weighted by atomic mass is 9.97. The summed E-state index contributed by atoms with van der Waals surface area (Å²) in [4.78, 5) is 18.0. The van der Waals surface area contributed by atoms with E-state index in [1.54, 1.807) is 0 Å². The first-order valence-corrected chi connectivity index (χ1v) is 6.98. The van der Waals surface area contributed by atoms with E-state index >= 15 is 0 Å². The lowest BCUT2D eigenvalue weighted by molar-refractivity contribution is -0.142. The summed E-state index contributed by atoms with van der Waals surface area (Å²) in [6, 6.07) is 0. The molecule has 2 aliphatic rings. The van der Waals surface area contributed by atoms with E-state index in [4.69, 9.17) is 5.11 Å². The summed E-state index contributed by atoms with van der Waals surface area (Å²) in [5, 5.41) is 13.7. The number of carboxylic acid groups (broad SMARTS) is 1. The second-order valence-corrected chi connectivity index (χ2v) is 5.74. The summed E-state index contributed by atoms with van der Waals surface area (Å²) in [5.74, 6) is 1.15. The van der Waals surface area contributed by atoms with Crippen LogP contribution in [0.15, 0.2) is 0 Å². The molecule has 2 aliphatic heterocycles. The maximum Gasteiger partial charge on any atom is 0.307 e. The molecule has 0 saturated carbocycles. The molecular formula is C13H20N4O2. The van der Waals surface area contributed by atoms with Gasteiger partial charge in [-0.2, -0.15) is 5.10 Å². The molecule has 6 heteroatoms. The van der Waals surface area contributed by atoms with Gasteiger partial charge in [-0.1, -0.05) is 0 Å². The van der Waals surface area contributed by atoms with Crippen LogP contribution in [0.2, 0.25) is 0 Å². The number of likely N-dealkylation sites (N-methyl/N-ethyl adjacent to an activating group) is 1. The van der Waals surface area contributed by atoms with E-state index in [0.717, 1.165) is 31.2 Å². The molecule has 19 heavy (non-hydrogen) atoms. The molecule has 104 valence electrons. The highest BCUT2D eigenvalue weighted by atomic mass is 16.4. The number of rotatable bonds is 2. The molecule has 0 aromatic carbocycles. The standard InChI is InChI=1S/C13H20N4O2/c1-16-5-2-3-10(8-16)12-14-11-7-9(13(18)19)4-6-17(11)15-12/h9-10H,2-8H2,1H3,(H,18,19). The summed E-state index contributed by atoms with van der Waals surface area (Å²) in [6.07, 6.45) is 3.50. The third kappa shape index (κ3) is 2.49. The first-order chi connectivity index (χ1) is 9.13. The predicted octanol–water partition coefficient (Wildman–Crippen LogP) is 0.734. The van der Waals surface area contributed by atoms with Crippen molar-refractivity contribution in [1.82, 2.24) is 19.7 Å². The largest absolute Gasteiger partial charge is 0.481 e. The summed E-state index contributed by atoms with van der Waals surface area (Å²) in [7, 11) is 2.13. The Morgan fingerprint density at radius 2 is 2.21 bits per heavy atom. The van der Waals surface area contributed by atoms with E-state index in [-0.39, 0.29) is 5.92 Å². The van der Waals surface area contributed by atoms with Crippen molar-refractivity contribution in [3.8, 4) is 0 Å². The number of likely N-dealkylation sites (tertiary alicyclic amines) is 1. The number of carboxylic acids is 1. The second-order valence-electron chi connectivity index (χ2n) is 5.74. The average Bonchev–Trinajstić information content (AvgIpc) is 2.81. The van der Waals surface area contributed by atoms with Crippen LogP contribution in [0.5, 0.6) is 0 Å². The molecule has 0 bridgehead atoms. The van der Waals surface area contributed by atoms with Gasteiger partial charge in [0.2, 0.25) is 0 Å². The fourth-order valence-corrected chi connectivity index (χ4v) is 3.09. The van der Waals surface area contributed by atoms with E-state index in [9.17, 15) is 4.79 Å².